The van der Waals surface area contributed by atoms with Crippen molar-refractivity contribution in [2.45, 2.75) is 31.2 Å². The van der Waals surface area contributed by atoms with Crippen LogP contribution >= 0.6 is 0 Å². The summed E-state index contributed by atoms with van der Waals surface area (Å²) in [5.41, 5.74) is 0.432. The number of likely N-dealkylation sites (tertiary alicyclic amines) is 1. The third kappa shape index (κ3) is 5.24. The number of hydrogen-bond donors (Lipinski definition) is 2. The Labute approximate surface area is 170 Å². The minimum atomic E-state index is -3.54. The third-order valence-electron chi connectivity index (χ3n) is 4.92. The zero-order valence-corrected chi connectivity index (χ0v) is 17.1. The van der Waals surface area contributed by atoms with Crippen molar-refractivity contribution in [3.05, 3.63) is 54.0 Å². The molecule has 0 spiro atoms. The van der Waals surface area contributed by atoms with E-state index >= 15 is 0 Å². The fourth-order valence-electron chi connectivity index (χ4n) is 3.31. The lowest BCUT2D eigenvalue weighted by Crippen LogP contribution is -2.42. The Kier molecular flexibility index (Phi) is 6.71. The van der Waals surface area contributed by atoms with Crippen LogP contribution < -0.4 is 10.0 Å². The molecule has 8 nitrogen and oxygen atoms in total. The van der Waals surface area contributed by atoms with Gasteiger partial charge in [-0.3, -0.25) is 9.59 Å². The van der Waals surface area contributed by atoms with E-state index in [2.05, 4.69) is 10.0 Å². The summed E-state index contributed by atoms with van der Waals surface area (Å²) in [5, 5.41) is 2.86. The maximum atomic E-state index is 12.7. The summed E-state index contributed by atoms with van der Waals surface area (Å²) in [6.45, 7) is 3.32. The van der Waals surface area contributed by atoms with E-state index in [4.69, 9.17) is 4.42 Å². The number of carbonyl (C=O) groups is 2. The van der Waals surface area contributed by atoms with Gasteiger partial charge in [-0.25, -0.2) is 13.1 Å². The van der Waals surface area contributed by atoms with Gasteiger partial charge in [0.1, 0.15) is 5.76 Å². The van der Waals surface area contributed by atoms with Gasteiger partial charge in [0.05, 0.1) is 17.7 Å². The molecule has 1 aliphatic rings. The van der Waals surface area contributed by atoms with Crippen molar-refractivity contribution in [1.82, 2.24) is 14.9 Å². The van der Waals surface area contributed by atoms with Crippen LogP contribution in [-0.4, -0.2) is 44.8 Å². The van der Waals surface area contributed by atoms with E-state index in [1.807, 2.05) is 0 Å². The Hall–Kier alpha value is -2.65. The lowest BCUT2D eigenvalue weighted by Gasteiger charge is -2.31. The summed E-state index contributed by atoms with van der Waals surface area (Å²) >= 11 is 0. The zero-order valence-electron chi connectivity index (χ0n) is 16.3. The number of furan rings is 1. The molecule has 1 fully saturated rings. The second kappa shape index (κ2) is 9.23. The number of amides is 2. The van der Waals surface area contributed by atoms with Gasteiger partial charge in [0.2, 0.25) is 15.9 Å². The van der Waals surface area contributed by atoms with E-state index in [-0.39, 0.29) is 22.6 Å². The van der Waals surface area contributed by atoms with Crippen LogP contribution in [0.3, 0.4) is 0 Å². The number of carbonyl (C=O) groups excluding carboxylic acids is 2. The fourth-order valence-corrected chi connectivity index (χ4v) is 4.35. The summed E-state index contributed by atoms with van der Waals surface area (Å²) in [6, 6.07) is 9.48. The first-order valence-corrected chi connectivity index (χ1v) is 11.1. The first kappa shape index (κ1) is 21.1. The second-order valence-corrected chi connectivity index (χ2v) is 8.66. The lowest BCUT2D eigenvalue weighted by atomic mass is 9.95. The lowest BCUT2D eigenvalue weighted by molar-refractivity contribution is -0.126. The molecule has 2 amide bonds. The predicted molar refractivity (Wildman–Crippen MR) is 106 cm³/mol. The number of hydrogen-bond acceptors (Lipinski definition) is 5. The van der Waals surface area contributed by atoms with Gasteiger partial charge in [-0.2, -0.15) is 0 Å². The van der Waals surface area contributed by atoms with Crippen LogP contribution in [0.5, 0.6) is 0 Å². The van der Waals surface area contributed by atoms with Crippen molar-refractivity contribution >= 4 is 21.8 Å². The quantitative estimate of drug-likeness (QED) is 0.711. The summed E-state index contributed by atoms with van der Waals surface area (Å²) in [5.74, 6) is 0.366. The monoisotopic (exact) mass is 419 g/mol. The van der Waals surface area contributed by atoms with E-state index in [0.717, 1.165) is 0 Å². The van der Waals surface area contributed by atoms with Gasteiger partial charge in [-0.1, -0.05) is 6.92 Å². The largest absolute Gasteiger partial charge is 0.467 e. The summed E-state index contributed by atoms with van der Waals surface area (Å²) in [4.78, 5) is 26.8. The van der Waals surface area contributed by atoms with Crippen molar-refractivity contribution in [2.24, 2.45) is 5.92 Å². The van der Waals surface area contributed by atoms with Crippen molar-refractivity contribution in [3.8, 4) is 0 Å². The molecule has 0 atom stereocenters. The number of sulfonamides is 1. The smallest absolute Gasteiger partial charge is 0.253 e. The highest BCUT2D eigenvalue weighted by Crippen LogP contribution is 2.20. The topological polar surface area (TPSA) is 109 Å². The molecule has 1 aromatic heterocycles. The molecule has 29 heavy (non-hydrogen) atoms. The van der Waals surface area contributed by atoms with E-state index in [0.29, 0.717) is 50.3 Å². The number of rotatable bonds is 7. The van der Waals surface area contributed by atoms with Crippen molar-refractivity contribution < 1.29 is 22.4 Å². The third-order valence-corrected chi connectivity index (χ3v) is 6.48. The summed E-state index contributed by atoms with van der Waals surface area (Å²) in [6.07, 6.45) is 2.74. The molecule has 1 aromatic carbocycles. The van der Waals surface area contributed by atoms with E-state index in [9.17, 15) is 18.0 Å². The molecule has 0 saturated carbocycles. The molecule has 1 aliphatic heterocycles. The van der Waals surface area contributed by atoms with Gasteiger partial charge in [0, 0.05) is 31.1 Å². The van der Waals surface area contributed by atoms with Gasteiger partial charge >= 0.3 is 0 Å². The molecule has 0 aliphatic carbocycles. The zero-order chi connectivity index (χ0) is 20.9. The first-order valence-electron chi connectivity index (χ1n) is 9.60. The van der Waals surface area contributed by atoms with Crippen LogP contribution in [0.1, 0.15) is 35.9 Å². The average molecular weight is 420 g/mol. The average Bonchev–Trinajstić information content (AvgIpc) is 3.25. The normalized spacial score (nSPS) is 15.3. The second-order valence-electron chi connectivity index (χ2n) is 6.89. The van der Waals surface area contributed by atoms with E-state index in [1.54, 1.807) is 30.2 Å². The van der Waals surface area contributed by atoms with Gasteiger partial charge < -0.3 is 14.6 Å². The van der Waals surface area contributed by atoms with E-state index < -0.39 is 10.0 Å². The number of nitrogens with zero attached hydrogens (tertiary/aromatic N) is 1. The Balaban J connectivity index is 1.52. The van der Waals surface area contributed by atoms with Crippen LogP contribution in [0.25, 0.3) is 0 Å². The van der Waals surface area contributed by atoms with Crippen molar-refractivity contribution in [2.75, 3.05) is 19.6 Å². The highest BCUT2D eigenvalue weighted by atomic mass is 32.2. The highest BCUT2D eigenvalue weighted by Gasteiger charge is 2.28. The maximum absolute atomic E-state index is 12.7. The number of nitrogens with one attached hydrogen (secondary N) is 2. The SMILES string of the molecule is CCNS(=O)(=O)c1ccc(C(=O)N2CCC(C(=O)NCc3ccco3)CC2)cc1. The van der Waals surface area contributed by atoms with Gasteiger partial charge in [0.15, 0.2) is 0 Å². The Bertz CT molecular complexity index is 931. The van der Waals surface area contributed by atoms with Crippen LogP contribution in [0, 0.1) is 5.92 Å². The van der Waals surface area contributed by atoms with E-state index in [1.165, 1.54) is 24.3 Å². The van der Waals surface area contributed by atoms with Crippen LogP contribution in [-0.2, 0) is 21.4 Å². The minimum absolute atomic E-state index is 0.0357. The molecule has 3 rings (SSSR count). The summed E-state index contributed by atoms with van der Waals surface area (Å²) < 4.78 is 31.6. The van der Waals surface area contributed by atoms with Crippen molar-refractivity contribution in [3.63, 3.8) is 0 Å². The molecule has 9 heteroatoms. The number of piperidine rings is 1. The first-order chi connectivity index (χ1) is 13.9. The molecule has 0 radical (unpaired) electrons. The Morgan fingerprint density at radius 1 is 1.14 bits per heavy atom. The standard InChI is InChI=1S/C20H25N3O5S/c1-2-22-29(26,27)18-7-5-16(6-8-18)20(25)23-11-9-15(10-12-23)19(24)21-14-17-4-3-13-28-17/h3-8,13,15,22H,2,9-12,14H2,1H3,(H,21,24). The van der Waals surface area contributed by atoms with Crippen LogP contribution in [0.15, 0.2) is 52.0 Å². The Morgan fingerprint density at radius 3 is 2.41 bits per heavy atom. The molecule has 2 aromatic rings. The molecule has 156 valence electrons. The van der Waals surface area contributed by atoms with Crippen molar-refractivity contribution in [1.29, 1.82) is 0 Å². The molecule has 2 N–H and O–H groups in total. The molecule has 0 unspecified atom stereocenters. The number of benzene rings is 1. The van der Waals surface area contributed by atoms with Gasteiger partial charge in [-0.05, 0) is 49.2 Å². The fraction of sp³-hybridized carbons (Fsp3) is 0.400. The molecule has 0 bridgehead atoms. The molecule has 1 saturated heterocycles. The van der Waals surface area contributed by atoms with Gasteiger partial charge in [-0.15, -0.1) is 0 Å². The predicted octanol–water partition coefficient (Wildman–Crippen LogP) is 1.75. The van der Waals surface area contributed by atoms with Crippen LogP contribution in [0.2, 0.25) is 0 Å². The van der Waals surface area contributed by atoms with Gasteiger partial charge in [0.25, 0.3) is 5.91 Å². The molecular formula is C20H25N3O5S. The molecular weight excluding hydrogens is 394 g/mol. The minimum Gasteiger partial charge on any atom is -0.467 e. The maximum Gasteiger partial charge on any atom is 0.253 e. The van der Waals surface area contributed by atoms with Crippen LogP contribution in [0.4, 0.5) is 0 Å². The molecule has 2 heterocycles. The highest BCUT2D eigenvalue weighted by molar-refractivity contribution is 7.89. The summed E-state index contributed by atoms with van der Waals surface area (Å²) in [7, 11) is -3.54. The Morgan fingerprint density at radius 2 is 1.83 bits per heavy atom.